The van der Waals surface area contributed by atoms with Gasteiger partial charge in [-0.05, 0) is 155 Å². The smallest absolute Gasteiger partial charge is 0.320 e. The number of allylic oxidation sites excluding steroid dienone is 1. The van der Waals surface area contributed by atoms with Crippen LogP contribution in [0.25, 0.3) is 0 Å². The fraction of sp³-hybridized carbons (Fsp3) is 0.872. The summed E-state index contributed by atoms with van der Waals surface area (Å²) in [7, 11) is 0. The highest BCUT2D eigenvalue weighted by Gasteiger charge is 2.71. The second-order valence-corrected chi connectivity index (χ2v) is 22.1. The Balaban J connectivity index is 1.07. The van der Waals surface area contributed by atoms with Gasteiger partial charge in [0.2, 0.25) is 5.91 Å². The van der Waals surface area contributed by atoms with Crippen molar-refractivity contribution >= 4 is 23.9 Å². The van der Waals surface area contributed by atoms with Crippen LogP contribution >= 0.6 is 0 Å². The van der Waals surface area contributed by atoms with Crippen molar-refractivity contribution in [2.45, 2.75) is 158 Å². The molecular formula is C47H75N3O6. The third kappa shape index (κ3) is 6.63. The second kappa shape index (κ2) is 14.6. The first-order valence-corrected chi connectivity index (χ1v) is 22.6. The molecule has 314 valence electrons. The fourth-order valence-corrected chi connectivity index (χ4v) is 15.3. The molecule has 0 aromatic carbocycles. The van der Waals surface area contributed by atoms with E-state index in [1.165, 1.54) is 31.3 Å². The van der Waals surface area contributed by atoms with Gasteiger partial charge in [-0.1, -0.05) is 46.8 Å². The first kappa shape index (κ1) is 41.6. The predicted octanol–water partition coefficient (Wildman–Crippen LogP) is 9.20. The number of carboxylic acids is 1. The van der Waals surface area contributed by atoms with E-state index in [9.17, 15) is 24.3 Å². The molecule has 7 rings (SSSR count). The molecule has 2 aliphatic heterocycles. The zero-order valence-electron chi connectivity index (χ0n) is 36.4. The standard InChI is InChI=1S/C47H75N3O6/c1-31(2)32-15-20-47(29-37(51)48-25-27-50(28-26-48)41(55)49-23-11-10-12-24-49)22-21-45(8)33(39(32)47)13-14-35-44(7)18-17-36(56-38(52)30-42(3,4)40(53)54)43(5,6)34(44)16-19-46(35,45)9/h32-36,39H,1,10-30H2,2-9H3,(H,53,54)/t32-,33+,34-,35+,36-,39+,44-,45+,46+,47+/m0/s1. The summed E-state index contributed by atoms with van der Waals surface area (Å²) in [6, 6.07) is 0.159. The number of urea groups is 1. The molecule has 7 fully saturated rings. The molecule has 10 atom stereocenters. The Morgan fingerprint density at radius 2 is 1.38 bits per heavy atom. The molecule has 9 nitrogen and oxygen atoms in total. The summed E-state index contributed by atoms with van der Waals surface area (Å²) in [5, 5.41) is 9.64. The zero-order chi connectivity index (χ0) is 40.6. The average Bonchev–Trinajstić information content (AvgIpc) is 3.52. The van der Waals surface area contributed by atoms with E-state index in [4.69, 9.17) is 4.74 Å². The first-order valence-electron chi connectivity index (χ1n) is 22.6. The van der Waals surface area contributed by atoms with Crippen LogP contribution in [0.3, 0.4) is 0 Å². The molecule has 3 amide bonds. The van der Waals surface area contributed by atoms with Gasteiger partial charge in [0.05, 0.1) is 11.8 Å². The van der Waals surface area contributed by atoms with Gasteiger partial charge >= 0.3 is 18.0 Å². The molecule has 0 spiro atoms. The molecule has 7 aliphatic rings. The van der Waals surface area contributed by atoms with Crippen LogP contribution in [0.15, 0.2) is 12.2 Å². The summed E-state index contributed by atoms with van der Waals surface area (Å²) >= 11 is 0. The third-order valence-corrected chi connectivity index (χ3v) is 18.7. The maximum atomic E-state index is 14.4. The van der Waals surface area contributed by atoms with Gasteiger partial charge in [-0.2, -0.15) is 0 Å². The number of hydrogen-bond donors (Lipinski definition) is 1. The van der Waals surface area contributed by atoms with Crippen LogP contribution < -0.4 is 0 Å². The van der Waals surface area contributed by atoms with Gasteiger partial charge in [0.1, 0.15) is 6.10 Å². The van der Waals surface area contributed by atoms with Gasteiger partial charge < -0.3 is 24.5 Å². The lowest BCUT2D eigenvalue weighted by Crippen LogP contribution is -2.67. The number of rotatable bonds is 7. The van der Waals surface area contributed by atoms with Crippen LogP contribution in [0, 0.1) is 62.1 Å². The number of ether oxygens (including phenoxy) is 1. The summed E-state index contributed by atoms with van der Waals surface area (Å²) in [5.41, 5.74) is 0.399. The van der Waals surface area contributed by atoms with Gasteiger partial charge in [0.15, 0.2) is 0 Å². The molecule has 0 bridgehead atoms. The van der Waals surface area contributed by atoms with Crippen LogP contribution in [0.4, 0.5) is 4.79 Å². The summed E-state index contributed by atoms with van der Waals surface area (Å²) < 4.78 is 6.20. The van der Waals surface area contributed by atoms with E-state index in [1.807, 2.05) is 9.80 Å². The minimum absolute atomic E-state index is 0.00899. The summed E-state index contributed by atoms with van der Waals surface area (Å²) in [5.74, 6) is 1.38. The summed E-state index contributed by atoms with van der Waals surface area (Å²) in [4.78, 5) is 58.6. The Labute approximate surface area is 338 Å². The van der Waals surface area contributed by atoms with Crippen molar-refractivity contribution in [3.8, 4) is 0 Å². The molecule has 56 heavy (non-hydrogen) atoms. The largest absolute Gasteiger partial charge is 0.481 e. The van der Waals surface area contributed by atoms with Crippen molar-refractivity contribution in [1.29, 1.82) is 0 Å². The van der Waals surface area contributed by atoms with Gasteiger partial charge in [0, 0.05) is 51.1 Å². The van der Waals surface area contributed by atoms with E-state index < -0.39 is 17.4 Å². The van der Waals surface area contributed by atoms with Crippen LogP contribution in [-0.4, -0.2) is 89.1 Å². The first-order chi connectivity index (χ1) is 26.2. The third-order valence-electron chi connectivity index (χ3n) is 18.7. The predicted molar refractivity (Wildman–Crippen MR) is 218 cm³/mol. The number of amides is 3. The number of likely N-dealkylation sites (tertiary alicyclic amines) is 1. The molecule has 0 radical (unpaired) electrons. The van der Waals surface area contributed by atoms with Crippen molar-refractivity contribution in [3.05, 3.63) is 12.2 Å². The Kier molecular flexibility index (Phi) is 10.8. The highest BCUT2D eigenvalue weighted by molar-refractivity contribution is 5.81. The molecule has 9 heteroatoms. The van der Waals surface area contributed by atoms with Crippen LogP contribution in [0.5, 0.6) is 0 Å². The van der Waals surface area contributed by atoms with E-state index in [0.717, 1.165) is 70.9 Å². The second-order valence-electron chi connectivity index (χ2n) is 22.1. The molecular weight excluding hydrogens is 703 g/mol. The Hall–Kier alpha value is -2.58. The van der Waals surface area contributed by atoms with Crippen LogP contribution in [-0.2, 0) is 19.1 Å². The summed E-state index contributed by atoms with van der Waals surface area (Å²) in [6.07, 6.45) is 14.7. The lowest BCUT2D eigenvalue weighted by Gasteiger charge is -2.73. The molecule has 0 aromatic heterocycles. The SMILES string of the molecule is C=C(C)[C@@H]1CC[C@]2(CC(=O)N3CCN(C(=O)N4CCCCC4)CC3)CC[C@]3(C)[C@H](CC[C@@H]4[C@@]5(C)CC[C@H](OC(=O)CC(C)(C)C(=O)O)C(C)(C)[C@@H]5CC[C@]43C)[C@@H]12. The quantitative estimate of drug-likeness (QED) is 0.204. The minimum Gasteiger partial charge on any atom is -0.481 e. The molecule has 2 saturated heterocycles. The van der Waals surface area contributed by atoms with Gasteiger partial charge in [-0.15, -0.1) is 0 Å². The number of hydrogen-bond acceptors (Lipinski definition) is 5. The number of carbonyl (C=O) groups excluding carboxylic acids is 3. The van der Waals surface area contributed by atoms with Crippen LogP contribution in [0.1, 0.15) is 152 Å². The topological polar surface area (TPSA) is 107 Å². The van der Waals surface area contributed by atoms with E-state index in [1.54, 1.807) is 13.8 Å². The molecule has 0 unspecified atom stereocenters. The number of aliphatic carboxylic acids is 1. The lowest BCUT2D eigenvalue weighted by molar-refractivity contribution is -0.250. The van der Waals surface area contributed by atoms with E-state index in [-0.39, 0.29) is 45.6 Å². The van der Waals surface area contributed by atoms with E-state index in [2.05, 4.69) is 53.0 Å². The number of nitrogens with zero attached hydrogens (tertiary/aromatic N) is 3. The molecule has 0 aromatic rings. The van der Waals surface area contributed by atoms with E-state index >= 15 is 0 Å². The van der Waals surface area contributed by atoms with Crippen molar-refractivity contribution in [1.82, 2.24) is 14.7 Å². The highest BCUT2D eigenvalue weighted by Crippen LogP contribution is 2.78. The Bertz CT molecular complexity index is 1580. The van der Waals surface area contributed by atoms with Crippen molar-refractivity contribution < 1.29 is 29.0 Å². The maximum Gasteiger partial charge on any atom is 0.320 e. The summed E-state index contributed by atoms with van der Waals surface area (Å²) in [6.45, 7) is 26.7. The van der Waals surface area contributed by atoms with Gasteiger partial charge in [0.25, 0.3) is 0 Å². The minimum atomic E-state index is -1.15. The number of fused-ring (bicyclic) bond motifs is 7. The van der Waals surface area contributed by atoms with Gasteiger partial charge in [-0.3, -0.25) is 14.4 Å². The van der Waals surface area contributed by atoms with Crippen molar-refractivity contribution in [2.75, 3.05) is 39.3 Å². The average molecular weight is 778 g/mol. The monoisotopic (exact) mass is 778 g/mol. The van der Waals surface area contributed by atoms with Gasteiger partial charge in [-0.25, -0.2) is 4.79 Å². The fourth-order valence-electron chi connectivity index (χ4n) is 15.3. The number of piperazine rings is 1. The highest BCUT2D eigenvalue weighted by atomic mass is 16.5. The number of carboxylic acid groups (broad SMARTS) is 1. The van der Waals surface area contributed by atoms with Crippen molar-refractivity contribution in [2.24, 2.45) is 62.1 Å². The number of piperidine rings is 1. The lowest BCUT2D eigenvalue weighted by atomic mass is 9.32. The molecule has 1 N–H and O–H groups in total. The number of carbonyl (C=O) groups is 4. The maximum absolute atomic E-state index is 14.4. The number of esters is 1. The normalized spacial score (nSPS) is 40.8. The molecule has 2 heterocycles. The molecule has 5 saturated carbocycles. The Morgan fingerprint density at radius 3 is 2.02 bits per heavy atom. The molecule has 5 aliphatic carbocycles. The van der Waals surface area contributed by atoms with Crippen molar-refractivity contribution in [3.63, 3.8) is 0 Å². The Morgan fingerprint density at radius 1 is 0.732 bits per heavy atom. The van der Waals surface area contributed by atoms with Crippen LogP contribution in [0.2, 0.25) is 0 Å². The zero-order valence-corrected chi connectivity index (χ0v) is 36.4. The van der Waals surface area contributed by atoms with E-state index in [0.29, 0.717) is 68.1 Å².